The standard InChI is InChI=1S/C33H37F2N5O4/c1-33(2,3)44-32(42)40-12-4-5-26(40)23-16-20(6-7-21(23)18-9-13-43-14-10-18)27-29(35)39-30(36)28(38-27)24-15-19-8-11-37-31(41)22(19)17-25(24)34/h6-7,15-18,26H,4-5,8-14H2,1-3H3,(H2,36,39)(H,37,41). The molecule has 6 rings (SSSR count). The number of nitrogens with one attached hydrogen (secondary N) is 1. The van der Waals surface area contributed by atoms with Crippen molar-refractivity contribution in [2.45, 2.75) is 70.4 Å². The van der Waals surface area contributed by atoms with Gasteiger partial charge in [0.1, 0.15) is 22.8 Å². The van der Waals surface area contributed by atoms with Crippen LogP contribution in [0.4, 0.5) is 19.4 Å². The number of ether oxygens (including phenoxy) is 2. The number of rotatable bonds is 4. The van der Waals surface area contributed by atoms with Crippen molar-refractivity contribution in [1.82, 2.24) is 20.2 Å². The molecule has 0 bridgehead atoms. The van der Waals surface area contributed by atoms with E-state index in [2.05, 4.69) is 15.3 Å². The van der Waals surface area contributed by atoms with Crippen LogP contribution in [0.3, 0.4) is 0 Å². The molecule has 1 unspecified atom stereocenters. The van der Waals surface area contributed by atoms with Crippen LogP contribution < -0.4 is 11.1 Å². The summed E-state index contributed by atoms with van der Waals surface area (Å²) in [5.41, 5.74) is 8.76. The molecule has 3 aliphatic heterocycles. The highest BCUT2D eigenvalue weighted by atomic mass is 19.1. The van der Waals surface area contributed by atoms with Crippen LogP contribution >= 0.6 is 0 Å². The van der Waals surface area contributed by atoms with Gasteiger partial charge in [0.25, 0.3) is 5.91 Å². The summed E-state index contributed by atoms with van der Waals surface area (Å²) in [6.45, 7) is 7.77. The molecule has 3 aromatic rings. The minimum atomic E-state index is -0.885. The molecule has 1 aromatic heterocycles. The number of hydrogen-bond acceptors (Lipinski definition) is 7. The smallest absolute Gasteiger partial charge is 0.410 e. The Labute approximate surface area is 255 Å². The van der Waals surface area contributed by atoms with Gasteiger partial charge in [-0.25, -0.2) is 14.2 Å². The zero-order chi connectivity index (χ0) is 31.2. The minimum Gasteiger partial charge on any atom is -0.444 e. The number of amides is 2. The summed E-state index contributed by atoms with van der Waals surface area (Å²) >= 11 is 0. The van der Waals surface area contributed by atoms with Crippen molar-refractivity contribution in [2.75, 3.05) is 32.0 Å². The monoisotopic (exact) mass is 605 g/mol. The molecular weight excluding hydrogens is 568 g/mol. The molecule has 2 aromatic carbocycles. The summed E-state index contributed by atoms with van der Waals surface area (Å²) in [7, 11) is 0. The van der Waals surface area contributed by atoms with Crippen LogP contribution in [0.2, 0.25) is 0 Å². The second kappa shape index (κ2) is 11.8. The molecule has 2 amide bonds. The molecule has 1 atom stereocenters. The lowest BCUT2D eigenvalue weighted by molar-refractivity contribution is 0.0222. The van der Waals surface area contributed by atoms with E-state index in [1.807, 2.05) is 32.9 Å². The van der Waals surface area contributed by atoms with Gasteiger partial charge in [-0.2, -0.15) is 9.37 Å². The van der Waals surface area contributed by atoms with Crippen molar-refractivity contribution in [1.29, 1.82) is 0 Å². The predicted octanol–water partition coefficient (Wildman–Crippen LogP) is 5.92. The lowest BCUT2D eigenvalue weighted by Crippen LogP contribution is -2.36. The van der Waals surface area contributed by atoms with Gasteiger partial charge in [0.2, 0.25) is 5.95 Å². The van der Waals surface area contributed by atoms with Gasteiger partial charge >= 0.3 is 6.09 Å². The maximum Gasteiger partial charge on any atom is 0.410 e. The van der Waals surface area contributed by atoms with E-state index in [9.17, 15) is 9.59 Å². The topological polar surface area (TPSA) is 120 Å². The van der Waals surface area contributed by atoms with Crippen molar-refractivity contribution in [3.63, 3.8) is 0 Å². The van der Waals surface area contributed by atoms with Gasteiger partial charge in [-0.05, 0) is 93.7 Å². The van der Waals surface area contributed by atoms with Crippen LogP contribution in [0.1, 0.15) is 85.5 Å². The highest BCUT2D eigenvalue weighted by molar-refractivity contribution is 5.97. The van der Waals surface area contributed by atoms with Gasteiger partial charge in [0.15, 0.2) is 5.82 Å². The summed E-state index contributed by atoms with van der Waals surface area (Å²) in [4.78, 5) is 35.7. The number of nitrogens with zero attached hydrogens (tertiary/aromatic N) is 3. The number of carbonyl (C=O) groups is 2. The molecule has 232 valence electrons. The van der Waals surface area contributed by atoms with Crippen LogP contribution in [-0.4, -0.2) is 58.8 Å². The highest BCUT2D eigenvalue weighted by Gasteiger charge is 2.36. The molecule has 4 heterocycles. The zero-order valence-corrected chi connectivity index (χ0v) is 25.2. The van der Waals surface area contributed by atoms with E-state index in [0.29, 0.717) is 43.9 Å². The van der Waals surface area contributed by atoms with E-state index in [0.717, 1.165) is 42.9 Å². The highest BCUT2D eigenvalue weighted by Crippen LogP contribution is 2.42. The Bertz CT molecular complexity index is 1620. The predicted molar refractivity (Wildman–Crippen MR) is 161 cm³/mol. The average Bonchev–Trinajstić information content (AvgIpc) is 3.47. The van der Waals surface area contributed by atoms with E-state index in [4.69, 9.17) is 15.2 Å². The molecule has 3 aliphatic rings. The van der Waals surface area contributed by atoms with Crippen LogP contribution in [0.15, 0.2) is 30.3 Å². The normalized spacial score (nSPS) is 19.1. The largest absolute Gasteiger partial charge is 0.444 e. The number of benzene rings is 2. The summed E-state index contributed by atoms with van der Waals surface area (Å²) in [6, 6.07) is 8.08. The maximum absolute atomic E-state index is 15.5. The lowest BCUT2D eigenvalue weighted by atomic mass is 9.84. The SMILES string of the molecule is CC(C)(C)OC(=O)N1CCCC1c1cc(-c2nc(-c3cc4c(cc3F)C(=O)NCC4)c(N)nc2F)ccc1C1CCOCC1. The van der Waals surface area contributed by atoms with Gasteiger partial charge in [-0.15, -0.1) is 0 Å². The molecular formula is C33H37F2N5O4. The Balaban J connectivity index is 1.44. The number of halogens is 2. The maximum atomic E-state index is 15.5. The molecule has 0 aliphatic carbocycles. The fourth-order valence-corrected chi connectivity index (χ4v) is 6.45. The number of anilines is 1. The fourth-order valence-electron chi connectivity index (χ4n) is 6.45. The first-order valence-electron chi connectivity index (χ1n) is 15.2. The van der Waals surface area contributed by atoms with Gasteiger partial charge in [-0.3, -0.25) is 4.79 Å². The first-order valence-corrected chi connectivity index (χ1v) is 15.2. The lowest BCUT2D eigenvalue weighted by Gasteiger charge is -2.32. The molecule has 0 saturated carbocycles. The van der Waals surface area contributed by atoms with E-state index in [1.165, 1.54) is 0 Å². The van der Waals surface area contributed by atoms with Crippen molar-refractivity contribution in [2.24, 2.45) is 0 Å². The number of fused-ring (bicyclic) bond motifs is 1. The number of nitrogens with two attached hydrogens (primary N) is 1. The molecule has 2 saturated heterocycles. The zero-order valence-electron chi connectivity index (χ0n) is 25.2. The van der Waals surface area contributed by atoms with Gasteiger partial charge in [0, 0.05) is 43.0 Å². The molecule has 44 heavy (non-hydrogen) atoms. The Kier molecular flexibility index (Phi) is 8.00. The van der Waals surface area contributed by atoms with Crippen LogP contribution in [-0.2, 0) is 15.9 Å². The Morgan fingerprint density at radius 1 is 1.05 bits per heavy atom. The van der Waals surface area contributed by atoms with Crippen LogP contribution in [0.25, 0.3) is 22.5 Å². The number of nitrogen functional groups attached to an aromatic ring is 1. The van der Waals surface area contributed by atoms with E-state index in [1.54, 1.807) is 17.0 Å². The third-order valence-electron chi connectivity index (χ3n) is 8.51. The number of likely N-dealkylation sites (tertiary alicyclic amines) is 1. The molecule has 2 fully saturated rings. The third kappa shape index (κ3) is 5.85. The average molecular weight is 606 g/mol. The van der Waals surface area contributed by atoms with Gasteiger partial charge < -0.3 is 25.4 Å². The minimum absolute atomic E-state index is 0.000940. The quantitative estimate of drug-likeness (QED) is 0.379. The van der Waals surface area contributed by atoms with Crippen molar-refractivity contribution in [3.8, 4) is 22.5 Å². The molecule has 0 radical (unpaired) electrons. The number of aromatic nitrogens is 2. The molecule has 0 spiro atoms. The molecule has 3 N–H and O–H groups in total. The van der Waals surface area contributed by atoms with Crippen LogP contribution in [0, 0.1) is 11.8 Å². The Morgan fingerprint density at radius 2 is 1.82 bits per heavy atom. The second-order valence-electron chi connectivity index (χ2n) is 12.7. The first-order chi connectivity index (χ1) is 21.0. The Hall–Kier alpha value is -4.12. The Morgan fingerprint density at radius 3 is 2.57 bits per heavy atom. The summed E-state index contributed by atoms with van der Waals surface area (Å²) in [6.07, 6.45) is 3.33. The van der Waals surface area contributed by atoms with Gasteiger partial charge in [-0.1, -0.05) is 12.1 Å². The summed E-state index contributed by atoms with van der Waals surface area (Å²) in [5, 5.41) is 2.70. The molecule has 11 heteroatoms. The van der Waals surface area contributed by atoms with E-state index >= 15 is 8.78 Å². The van der Waals surface area contributed by atoms with Crippen molar-refractivity contribution in [3.05, 3.63) is 64.4 Å². The van der Waals surface area contributed by atoms with E-state index in [-0.39, 0.29) is 52.3 Å². The van der Waals surface area contributed by atoms with Crippen LogP contribution in [0.5, 0.6) is 0 Å². The third-order valence-corrected chi connectivity index (χ3v) is 8.51. The van der Waals surface area contributed by atoms with Crippen molar-refractivity contribution < 1.29 is 27.8 Å². The number of hydrogen-bond donors (Lipinski definition) is 2. The number of carbonyl (C=O) groups excluding carboxylic acids is 2. The van der Waals surface area contributed by atoms with Crippen molar-refractivity contribution >= 4 is 17.8 Å². The van der Waals surface area contributed by atoms with Gasteiger partial charge in [0.05, 0.1) is 6.04 Å². The second-order valence-corrected chi connectivity index (χ2v) is 12.7. The first kappa shape index (κ1) is 29.9. The molecule has 9 nitrogen and oxygen atoms in total. The van der Waals surface area contributed by atoms with E-state index < -0.39 is 17.4 Å². The summed E-state index contributed by atoms with van der Waals surface area (Å²) in [5.74, 6) is -1.97. The fraction of sp³-hybridized carbons (Fsp3) is 0.455. The summed E-state index contributed by atoms with van der Waals surface area (Å²) < 4.78 is 42.2.